The minimum atomic E-state index is -0.215. The highest BCUT2D eigenvalue weighted by molar-refractivity contribution is 5.69. The van der Waals surface area contributed by atoms with Crippen LogP contribution in [0.4, 0.5) is 0 Å². The molecule has 0 saturated heterocycles. The Kier molecular flexibility index (Phi) is 7.63. The van der Waals surface area contributed by atoms with Crippen molar-refractivity contribution in [3.05, 3.63) is 0 Å². The second-order valence-electron chi connectivity index (χ2n) is 2.68. The van der Waals surface area contributed by atoms with E-state index in [1.807, 2.05) is 6.92 Å². The number of hydrogen-bond acceptors (Lipinski definition) is 4. The first-order valence-corrected chi connectivity index (χ1v) is 4.46. The van der Waals surface area contributed by atoms with Crippen molar-refractivity contribution in [1.29, 1.82) is 0 Å². The van der Waals surface area contributed by atoms with Crippen LogP contribution >= 0.6 is 0 Å². The molecule has 0 aromatic rings. The zero-order valence-electron chi connectivity index (χ0n) is 8.54. The molecular weight excluding hydrogens is 172 g/mol. The summed E-state index contributed by atoms with van der Waals surface area (Å²) in [5, 5.41) is 0. The van der Waals surface area contributed by atoms with E-state index in [0.29, 0.717) is 26.2 Å². The standard InChI is InChI=1S/C9H18O4/c1-4-12-9(10)7-8(2)13-6-5-11-3/h8H,4-7H2,1-3H3. The van der Waals surface area contributed by atoms with Gasteiger partial charge in [0, 0.05) is 7.11 Å². The van der Waals surface area contributed by atoms with Gasteiger partial charge in [-0.25, -0.2) is 0 Å². The summed E-state index contributed by atoms with van der Waals surface area (Å²) in [4.78, 5) is 11.0. The van der Waals surface area contributed by atoms with Crippen molar-refractivity contribution in [3.8, 4) is 0 Å². The summed E-state index contributed by atoms with van der Waals surface area (Å²) < 4.78 is 14.8. The predicted molar refractivity (Wildman–Crippen MR) is 48.5 cm³/mol. The highest BCUT2D eigenvalue weighted by Crippen LogP contribution is 1.99. The Morgan fingerprint density at radius 1 is 1.38 bits per heavy atom. The Morgan fingerprint density at radius 2 is 2.08 bits per heavy atom. The van der Waals surface area contributed by atoms with E-state index in [2.05, 4.69) is 0 Å². The molecule has 1 unspecified atom stereocenters. The lowest BCUT2D eigenvalue weighted by molar-refractivity contribution is -0.146. The fourth-order valence-electron chi connectivity index (χ4n) is 0.846. The summed E-state index contributed by atoms with van der Waals surface area (Å²) in [6.45, 7) is 5.11. The summed E-state index contributed by atoms with van der Waals surface area (Å²) in [5.41, 5.74) is 0. The molecule has 0 aromatic carbocycles. The molecule has 0 amide bonds. The molecule has 0 fully saturated rings. The van der Waals surface area contributed by atoms with Crippen LogP contribution in [0.1, 0.15) is 20.3 Å². The number of rotatable bonds is 7. The lowest BCUT2D eigenvalue weighted by Gasteiger charge is -2.11. The maximum atomic E-state index is 11.0. The average molecular weight is 190 g/mol. The number of methoxy groups -OCH3 is 1. The topological polar surface area (TPSA) is 44.8 Å². The van der Waals surface area contributed by atoms with E-state index in [0.717, 1.165) is 0 Å². The van der Waals surface area contributed by atoms with Gasteiger partial charge in [-0.05, 0) is 13.8 Å². The van der Waals surface area contributed by atoms with Crippen molar-refractivity contribution >= 4 is 5.97 Å². The third-order valence-electron chi connectivity index (χ3n) is 1.45. The summed E-state index contributed by atoms with van der Waals surface area (Å²) in [5.74, 6) is -0.215. The lowest BCUT2D eigenvalue weighted by Crippen LogP contribution is -2.18. The zero-order valence-corrected chi connectivity index (χ0v) is 8.54. The van der Waals surface area contributed by atoms with Gasteiger partial charge in [-0.15, -0.1) is 0 Å². The van der Waals surface area contributed by atoms with Crippen LogP contribution in [-0.4, -0.2) is 39.0 Å². The molecule has 0 bridgehead atoms. The minimum Gasteiger partial charge on any atom is -0.466 e. The SMILES string of the molecule is CCOC(=O)CC(C)OCCOC. The number of ether oxygens (including phenoxy) is 3. The van der Waals surface area contributed by atoms with Gasteiger partial charge >= 0.3 is 5.97 Å². The normalized spacial score (nSPS) is 12.5. The second-order valence-corrected chi connectivity index (χ2v) is 2.68. The molecule has 0 radical (unpaired) electrons. The van der Waals surface area contributed by atoms with Crippen LogP contribution in [0.25, 0.3) is 0 Å². The Balaban J connectivity index is 3.38. The molecule has 0 spiro atoms. The van der Waals surface area contributed by atoms with E-state index in [4.69, 9.17) is 14.2 Å². The molecule has 0 N–H and O–H groups in total. The van der Waals surface area contributed by atoms with Crippen molar-refractivity contribution in [2.45, 2.75) is 26.4 Å². The molecule has 0 rings (SSSR count). The van der Waals surface area contributed by atoms with Gasteiger partial charge in [-0.2, -0.15) is 0 Å². The number of carbonyl (C=O) groups is 1. The minimum absolute atomic E-state index is 0.103. The monoisotopic (exact) mass is 190 g/mol. The number of carbonyl (C=O) groups excluding carboxylic acids is 1. The van der Waals surface area contributed by atoms with Gasteiger partial charge in [-0.1, -0.05) is 0 Å². The third kappa shape index (κ3) is 7.74. The summed E-state index contributed by atoms with van der Waals surface area (Å²) in [6.07, 6.45) is 0.201. The van der Waals surface area contributed by atoms with Crippen molar-refractivity contribution in [3.63, 3.8) is 0 Å². The van der Waals surface area contributed by atoms with Crippen molar-refractivity contribution < 1.29 is 19.0 Å². The Bertz CT molecular complexity index is 136. The molecule has 13 heavy (non-hydrogen) atoms. The highest BCUT2D eigenvalue weighted by atomic mass is 16.5. The summed E-state index contributed by atoms with van der Waals surface area (Å²) in [6, 6.07) is 0. The number of hydrogen-bond donors (Lipinski definition) is 0. The zero-order chi connectivity index (χ0) is 10.1. The molecule has 0 saturated carbocycles. The van der Waals surface area contributed by atoms with E-state index in [1.165, 1.54) is 0 Å². The van der Waals surface area contributed by atoms with Gasteiger partial charge in [0.25, 0.3) is 0 Å². The van der Waals surface area contributed by atoms with Crippen molar-refractivity contribution in [2.24, 2.45) is 0 Å². The largest absolute Gasteiger partial charge is 0.466 e. The molecule has 0 aliphatic carbocycles. The maximum Gasteiger partial charge on any atom is 0.308 e. The number of esters is 1. The van der Waals surface area contributed by atoms with Crippen LogP contribution < -0.4 is 0 Å². The average Bonchev–Trinajstić information content (AvgIpc) is 2.05. The van der Waals surface area contributed by atoms with Gasteiger partial charge in [0.15, 0.2) is 0 Å². The molecule has 4 heteroatoms. The van der Waals surface area contributed by atoms with Crippen LogP contribution in [0.15, 0.2) is 0 Å². The van der Waals surface area contributed by atoms with E-state index in [-0.39, 0.29) is 12.1 Å². The van der Waals surface area contributed by atoms with E-state index in [9.17, 15) is 4.79 Å². The van der Waals surface area contributed by atoms with Crippen LogP contribution in [0.3, 0.4) is 0 Å². The predicted octanol–water partition coefficient (Wildman–Crippen LogP) is 0.991. The highest BCUT2D eigenvalue weighted by Gasteiger charge is 2.09. The van der Waals surface area contributed by atoms with Gasteiger partial charge in [0.2, 0.25) is 0 Å². The van der Waals surface area contributed by atoms with E-state index < -0.39 is 0 Å². The van der Waals surface area contributed by atoms with E-state index >= 15 is 0 Å². The maximum absolute atomic E-state index is 11.0. The molecule has 0 aliphatic heterocycles. The second kappa shape index (κ2) is 8.01. The van der Waals surface area contributed by atoms with Gasteiger partial charge < -0.3 is 14.2 Å². The molecular formula is C9H18O4. The quantitative estimate of drug-likeness (QED) is 0.443. The van der Waals surface area contributed by atoms with E-state index in [1.54, 1.807) is 14.0 Å². The van der Waals surface area contributed by atoms with Crippen molar-refractivity contribution in [1.82, 2.24) is 0 Å². The van der Waals surface area contributed by atoms with Crippen LogP contribution in [0, 0.1) is 0 Å². The van der Waals surface area contributed by atoms with Crippen molar-refractivity contribution in [2.75, 3.05) is 26.9 Å². The fraction of sp³-hybridized carbons (Fsp3) is 0.889. The summed E-state index contributed by atoms with van der Waals surface area (Å²) >= 11 is 0. The fourth-order valence-corrected chi connectivity index (χ4v) is 0.846. The first-order chi connectivity index (χ1) is 6.20. The summed E-state index contributed by atoms with van der Waals surface area (Å²) in [7, 11) is 1.61. The van der Waals surface area contributed by atoms with Gasteiger partial charge in [-0.3, -0.25) is 4.79 Å². The van der Waals surface area contributed by atoms with Crippen LogP contribution in [0.2, 0.25) is 0 Å². The smallest absolute Gasteiger partial charge is 0.308 e. The van der Waals surface area contributed by atoms with Crippen LogP contribution in [0.5, 0.6) is 0 Å². The molecule has 1 atom stereocenters. The van der Waals surface area contributed by atoms with Gasteiger partial charge in [0.05, 0.1) is 32.3 Å². The Morgan fingerprint density at radius 3 is 2.62 bits per heavy atom. The molecule has 4 nitrogen and oxygen atoms in total. The molecule has 0 aromatic heterocycles. The lowest BCUT2D eigenvalue weighted by atomic mass is 10.3. The molecule has 0 aliphatic rings. The molecule has 78 valence electrons. The molecule has 0 heterocycles. The third-order valence-corrected chi connectivity index (χ3v) is 1.45. The first kappa shape index (κ1) is 12.4. The first-order valence-electron chi connectivity index (χ1n) is 4.46. The van der Waals surface area contributed by atoms with Gasteiger partial charge in [0.1, 0.15) is 0 Å². The van der Waals surface area contributed by atoms with Crippen LogP contribution in [-0.2, 0) is 19.0 Å². The Hall–Kier alpha value is -0.610. The Labute approximate surface area is 79.2 Å².